The number of hydrogen-bond donors (Lipinski definition) is 1. The van der Waals surface area contributed by atoms with E-state index < -0.39 is 41.6 Å². The van der Waals surface area contributed by atoms with Gasteiger partial charge in [0.15, 0.2) is 12.4 Å². The number of nitrogens with zero attached hydrogens (tertiary/aromatic N) is 1. The maximum Gasteiger partial charge on any atom is 0.330 e. The van der Waals surface area contributed by atoms with Crippen LogP contribution in [-0.4, -0.2) is 38.8 Å². The largest absolute Gasteiger partial charge is 0.349 e. The van der Waals surface area contributed by atoms with Crippen LogP contribution in [0.4, 0.5) is 4.39 Å². The number of rotatable bonds is 5. The van der Waals surface area contributed by atoms with Crippen LogP contribution >= 0.6 is 17.1 Å². The van der Waals surface area contributed by atoms with Crippen molar-refractivity contribution in [1.82, 2.24) is 9.55 Å². The minimum absolute atomic E-state index is 0.0585. The third-order valence-corrected chi connectivity index (χ3v) is 12.2. The quantitative estimate of drug-likeness (QED) is 0.492. The van der Waals surface area contributed by atoms with E-state index in [1.54, 1.807) is 0 Å². The van der Waals surface area contributed by atoms with Crippen LogP contribution in [0.2, 0.25) is 0 Å². The number of halogens is 1. The third kappa shape index (κ3) is 4.39. The number of aromatic amines is 1. The van der Waals surface area contributed by atoms with Crippen LogP contribution in [-0.2, 0) is 25.6 Å². The van der Waals surface area contributed by atoms with Crippen LogP contribution in [0.5, 0.6) is 0 Å². The molecular weight excluding hydrogens is 462 g/mol. The lowest BCUT2D eigenvalue weighted by Crippen LogP contribution is -2.39. The summed E-state index contributed by atoms with van der Waals surface area (Å²) < 4.78 is 34.7. The summed E-state index contributed by atoms with van der Waals surface area (Å²) in [5, 5.41) is 0. The number of aromatic nitrogens is 2. The van der Waals surface area contributed by atoms with E-state index in [0.717, 1.165) is 35.5 Å². The van der Waals surface area contributed by atoms with Crippen LogP contribution in [0.1, 0.15) is 52.7 Å². The van der Waals surface area contributed by atoms with E-state index in [1.807, 2.05) is 13.8 Å². The van der Waals surface area contributed by atoms with Crippen molar-refractivity contribution in [2.45, 2.75) is 81.9 Å². The van der Waals surface area contributed by atoms with Gasteiger partial charge in [0.2, 0.25) is 5.69 Å². The van der Waals surface area contributed by atoms with Gasteiger partial charge >= 0.3 is 5.69 Å². The molecule has 1 aromatic rings. The summed E-state index contributed by atoms with van der Waals surface area (Å²) >= 11 is 7.35. The van der Waals surface area contributed by atoms with Gasteiger partial charge in [-0.3, -0.25) is 14.3 Å². The molecule has 7 nitrogen and oxygen atoms in total. The highest BCUT2D eigenvalue weighted by molar-refractivity contribution is 8.68. The first-order chi connectivity index (χ1) is 14.5. The Balaban J connectivity index is 1.54. The van der Waals surface area contributed by atoms with Crippen molar-refractivity contribution in [3.05, 3.63) is 45.3 Å². The highest BCUT2D eigenvalue weighted by Crippen LogP contribution is 2.76. The first-order valence-corrected chi connectivity index (χ1v) is 14.5. The van der Waals surface area contributed by atoms with E-state index in [9.17, 15) is 9.59 Å². The molecule has 0 unspecified atom stereocenters. The van der Waals surface area contributed by atoms with Gasteiger partial charge < -0.3 is 13.8 Å². The molecule has 3 heterocycles. The number of hydrogen-bond acceptors (Lipinski definition) is 7. The Morgan fingerprint density at radius 3 is 2.94 bits per heavy atom. The van der Waals surface area contributed by atoms with Crippen LogP contribution in [0, 0.1) is 5.92 Å². The zero-order chi connectivity index (χ0) is 22.6. The second-order valence-electron chi connectivity index (χ2n) is 8.77. The maximum absolute atomic E-state index is 15.5. The number of fused-ring (bicyclic) bond motifs is 1. The molecule has 2 aliphatic heterocycles. The summed E-state index contributed by atoms with van der Waals surface area (Å²) in [5.41, 5.74) is -2.95. The van der Waals surface area contributed by atoms with Gasteiger partial charge in [0.25, 0.3) is 5.56 Å². The molecule has 1 saturated carbocycles. The Bertz CT molecular complexity index is 1030. The van der Waals surface area contributed by atoms with E-state index in [4.69, 9.17) is 25.6 Å². The van der Waals surface area contributed by atoms with Crippen LogP contribution in [0.25, 0.3) is 0 Å². The Labute approximate surface area is 189 Å². The first kappa shape index (κ1) is 23.4. The zero-order valence-electron chi connectivity index (χ0n) is 17.8. The highest BCUT2D eigenvalue weighted by Gasteiger charge is 2.56. The van der Waals surface area contributed by atoms with Crippen molar-refractivity contribution in [2.75, 3.05) is 0 Å². The molecule has 0 amide bonds. The fraction of sp³-hybridized carbons (Fsp3) is 0.700. The highest BCUT2D eigenvalue weighted by atomic mass is 32.9. The van der Waals surface area contributed by atoms with Crippen molar-refractivity contribution < 1.29 is 18.2 Å². The molecule has 0 bridgehead atoms. The zero-order valence-corrected chi connectivity index (χ0v) is 20.3. The summed E-state index contributed by atoms with van der Waals surface area (Å²) in [5.74, 6) is 0.392. The van der Waals surface area contributed by atoms with Crippen molar-refractivity contribution in [3.8, 4) is 0 Å². The number of ether oxygens (including phenoxy) is 1. The third-order valence-electron chi connectivity index (χ3n) is 6.49. The van der Waals surface area contributed by atoms with Crippen molar-refractivity contribution in [1.29, 1.82) is 0 Å². The Kier molecular flexibility index (Phi) is 6.44. The van der Waals surface area contributed by atoms with E-state index >= 15 is 4.39 Å². The normalized spacial score (nSPS) is 42.5. The Morgan fingerprint density at radius 2 is 2.29 bits per heavy atom. The van der Waals surface area contributed by atoms with Gasteiger partial charge in [-0.1, -0.05) is 30.5 Å². The molecule has 31 heavy (non-hydrogen) atoms. The van der Waals surface area contributed by atoms with Gasteiger partial charge in [0.05, 0.1) is 12.2 Å². The van der Waals surface area contributed by atoms with Crippen LogP contribution < -0.4 is 11.2 Å². The minimum atomic E-state index is -2.82. The molecule has 11 heteroatoms. The second-order valence-corrected chi connectivity index (χ2v) is 15.3. The van der Waals surface area contributed by atoms with Crippen molar-refractivity contribution in [3.63, 3.8) is 0 Å². The molecule has 172 valence electrons. The molecule has 0 spiro atoms. The van der Waals surface area contributed by atoms with Gasteiger partial charge in [-0.05, 0) is 57.3 Å². The van der Waals surface area contributed by atoms with E-state index in [-0.39, 0.29) is 10.9 Å². The summed E-state index contributed by atoms with van der Waals surface area (Å²) in [6, 6.07) is 1.16. The standard InChI is InChI=1S/C20H28FN2O5PS2/c1-5-13-17(16(21)18(26-13)23-9-7-15(24)22-19(23)25)28-29(30)27-14-10-12(11(2)3)6-8-20(14,4)31-29/h7,9,12-14,16-18H,2,5-6,8,10H2,1,3-4H3,(H,22,24,25)/t12-,13-,14+,16-,17-,18-,20+,29-/m1/s1. The van der Waals surface area contributed by atoms with Crippen molar-refractivity contribution in [2.24, 2.45) is 5.92 Å². The predicted octanol–water partition coefficient (Wildman–Crippen LogP) is 4.06. The number of H-pyrrole nitrogens is 1. The van der Waals surface area contributed by atoms with Gasteiger partial charge in [-0.2, -0.15) is 0 Å². The molecule has 2 saturated heterocycles. The van der Waals surface area contributed by atoms with Crippen LogP contribution in [0.15, 0.2) is 34.0 Å². The molecular formula is C20H28FN2O5PS2. The summed E-state index contributed by atoms with van der Waals surface area (Å²) in [7, 11) is 0. The topological polar surface area (TPSA) is 82.6 Å². The lowest BCUT2D eigenvalue weighted by atomic mass is 9.77. The second kappa shape index (κ2) is 8.54. The number of allylic oxidation sites excluding steroid dienone is 1. The average molecular weight is 491 g/mol. The Hall–Kier alpha value is -0.770. The first-order valence-electron chi connectivity index (χ1n) is 10.5. The number of nitrogens with one attached hydrogen (secondary N) is 1. The smallest absolute Gasteiger partial charge is 0.330 e. The van der Waals surface area contributed by atoms with E-state index in [0.29, 0.717) is 12.3 Å². The van der Waals surface area contributed by atoms with Gasteiger partial charge in [0.1, 0.15) is 6.10 Å². The molecule has 0 aromatic carbocycles. The van der Waals surface area contributed by atoms with E-state index in [2.05, 4.69) is 18.5 Å². The molecule has 3 fully saturated rings. The molecule has 1 aliphatic carbocycles. The molecule has 1 aromatic heterocycles. The Morgan fingerprint density at radius 1 is 1.55 bits per heavy atom. The molecule has 0 radical (unpaired) electrons. The van der Waals surface area contributed by atoms with Gasteiger partial charge in [0, 0.05) is 17.0 Å². The fourth-order valence-corrected chi connectivity index (χ4v) is 12.1. The lowest BCUT2D eigenvalue weighted by Gasteiger charge is -2.37. The molecule has 1 N–H and O–H groups in total. The maximum atomic E-state index is 15.5. The van der Waals surface area contributed by atoms with Gasteiger partial charge in [-0.25, -0.2) is 9.18 Å². The fourth-order valence-electron chi connectivity index (χ4n) is 4.58. The monoisotopic (exact) mass is 490 g/mol. The summed E-state index contributed by atoms with van der Waals surface area (Å²) in [6.45, 7) is 10.1. The summed E-state index contributed by atoms with van der Waals surface area (Å²) in [6.07, 6.45) is 0.114. The molecule has 8 atom stereocenters. The average Bonchev–Trinajstić information content (AvgIpc) is 3.14. The predicted molar refractivity (Wildman–Crippen MR) is 123 cm³/mol. The lowest BCUT2D eigenvalue weighted by molar-refractivity contribution is -0.0268. The SMILES string of the molecule is C=C(C)[C@@H]1CC[C@]2(C)S[P@@](=S)(O[C@H]3[C@@H](F)[C@H](n4ccc(=O)[nH]c4=O)O[C@@H]3CC)O[C@H]2C1. The van der Waals surface area contributed by atoms with Crippen LogP contribution in [0.3, 0.4) is 0 Å². The summed E-state index contributed by atoms with van der Waals surface area (Å²) in [4.78, 5) is 25.6. The van der Waals surface area contributed by atoms with Crippen molar-refractivity contribution >= 4 is 28.9 Å². The molecule has 3 aliphatic rings. The number of alkyl halides is 1. The van der Waals surface area contributed by atoms with E-state index in [1.165, 1.54) is 17.6 Å². The van der Waals surface area contributed by atoms with Gasteiger partial charge in [-0.15, -0.1) is 0 Å². The molecule has 4 rings (SSSR count). The minimum Gasteiger partial charge on any atom is -0.349 e.